The van der Waals surface area contributed by atoms with E-state index in [1.165, 1.54) is 22.5 Å². The van der Waals surface area contributed by atoms with Crippen molar-refractivity contribution in [2.45, 2.75) is 25.4 Å². The molecule has 0 unspecified atom stereocenters. The summed E-state index contributed by atoms with van der Waals surface area (Å²) in [5.74, 6) is 1.23. The van der Waals surface area contributed by atoms with Crippen molar-refractivity contribution in [1.29, 1.82) is 0 Å². The molecule has 18 heavy (non-hydrogen) atoms. The van der Waals surface area contributed by atoms with Gasteiger partial charge in [0.25, 0.3) is 0 Å². The molecule has 2 aromatic rings. The minimum Gasteiger partial charge on any atom is -0.472 e. The maximum absolute atomic E-state index is 6.04. The average molecular weight is 261 g/mol. The first-order valence-electron chi connectivity index (χ1n) is 5.99. The molecule has 1 aromatic carbocycles. The van der Waals surface area contributed by atoms with Gasteiger partial charge in [-0.25, -0.2) is 4.09 Å². The summed E-state index contributed by atoms with van der Waals surface area (Å²) in [5.41, 5.74) is 9.24. The number of rotatable bonds is 4. The summed E-state index contributed by atoms with van der Waals surface area (Å²) in [6.45, 7) is 0.462. The summed E-state index contributed by atoms with van der Waals surface area (Å²) in [6, 6.07) is 7.85. The first-order chi connectivity index (χ1) is 8.74. The van der Waals surface area contributed by atoms with E-state index in [9.17, 15) is 0 Å². The van der Waals surface area contributed by atoms with E-state index in [4.69, 9.17) is 10.5 Å². The lowest BCUT2D eigenvalue weighted by atomic mass is 10.0. The Kier molecular flexibility index (Phi) is 2.91. The van der Waals surface area contributed by atoms with Crippen LogP contribution in [0.1, 0.15) is 29.9 Å². The molecular weight excluding hydrogens is 246 g/mol. The van der Waals surface area contributed by atoms with Crippen LogP contribution in [0, 0.1) is 0 Å². The number of benzene rings is 1. The van der Waals surface area contributed by atoms with Gasteiger partial charge in [0.05, 0.1) is 0 Å². The summed E-state index contributed by atoms with van der Waals surface area (Å²) in [4.78, 5) is 0. The van der Waals surface area contributed by atoms with Crippen LogP contribution in [0.15, 0.2) is 30.5 Å². The van der Waals surface area contributed by atoms with E-state index in [-0.39, 0.29) is 0 Å². The molecule has 0 bridgehead atoms. The lowest BCUT2D eigenvalue weighted by Crippen LogP contribution is -2.04. The number of hydrogen-bond acceptors (Lipinski definition) is 4. The van der Waals surface area contributed by atoms with Crippen molar-refractivity contribution in [1.82, 2.24) is 9.19 Å². The predicted molar refractivity (Wildman–Crippen MR) is 73.8 cm³/mol. The number of ether oxygens (including phenoxy) is 1. The highest BCUT2D eigenvalue weighted by atomic mass is 32.1. The maximum Gasteiger partial charge on any atom is 0.234 e. The van der Waals surface area contributed by atoms with Gasteiger partial charge in [0.2, 0.25) is 5.88 Å². The van der Waals surface area contributed by atoms with Gasteiger partial charge in [-0.2, -0.15) is 0 Å². The number of nitrogens with two attached hydrogens (primary N) is 1. The molecule has 1 fully saturated rings. The van der Waals surface area contributed by atoms with Crippen LogP contribution in [-0.4, -0.2) is 9.19 Å². The van der Waals surface area contributed by atoms with E-state index in [1.54, 1.807) is 12.3 Å². The number of hydrogen-bond donors (Lipinski definition) is 2. The summed E-state index contributed by atoms with van der Waals surface area (Å²) < 4.78 is 7.07. The predicted octanol–water partition coefficient (Wildman–Crippen LogP) is 2.61. The van der Waals surface area contributed by atoms with E-state index < -0.39 is 0 Å². The lowest BCUT2D eigenvalue weighted by Gasteiger charge is -2.11. The van der Waals surface area contributed by atoms with Crippen molar-refractivity contribution in [3.05, 3.63) is 41.6 Å². The molecule has 3 rings (SSSR count). The normalized spacial score (nSPS) is 14.7. The Bertz CT molecular complexity index is 563. The van der Waals surface area contributed by atoms with Crippen LogP contribution in [0.4, 0.5) is 5.69 Å². The number of nitrogen functional groups attached to an aromatic ring is 1. The van der Waals surface area contributed by atoms with E-state index >= 15 is 0 Å². The third-order valence-corrected chi connectivity index (χ3v) is 3.40. The van der Waals surface area contributed by atoms with Crippen LogP contribution in [-0.2, 0) is 6.61 Å². The monoisotopic (exact) mass is 261 g/mol. The second-order valence-corrected chi connectivity index (χ2v) is 4.96. The smallest absolute Gasteiger partial charge is 0.234 e. The molecule has 0 aliphatic heterocycles. The minimum atomic E-state index is 0.462. The third kappa shape index (κ3) is 2.31. The number of nitrogens with zero attached hydrogens (tertiary/aromatic N) is 2. The highest BCUT2D eigenvalue weighted by Gasteiger charge is 2.26. The Balaban J connectivity index is 1.79. The number of anilines is 1. The quantitative estimate of drug-likeness (QED) is 0.657. The van der Waals surface area contributed by atoms with Crippen molar-refractivity contribution in [2.75, 3.05) is 5.73 Å². The highest BCUT2D eigenvalue weighted by Crippen LogP contribution is 2.42. The van der Waals surface area contributed by atoms with Crippen molar-refractivity contribution in [2.24, 2.45) is 0 Å². The second-order valence-electron chi connectivity index (χ2n) is 4.55. The molecule has 2 N–H and O–H groups in total. The molecule has 0 radical (unpaired) electrons. The first kappa shape index (κ1) is 11.5. The number of thiol groups is 1. The lowest BCUT2D eigenvalue weighted by molar-refractivity contribution is 0.292. The molecule has 0 saturated heterocycles. The van der Waals surface area contributed by atoms with Crippen molar-refractivity contribution < 1.29 is 4.74 Å². The fraction of sp³-hybridized carbons (Fsp3) is 0.308. The van der Waals surface area contributed by atoms with Crippen molar-refractivity contribution in [3.8, 4) is 5.88 Å². The molecular formula is C13H15N3OS. The molecule has 94 valence electrons. The summed E-state index contributed by atoms with van der Waals surface area (Å²) >= 11 is 4.07. The molecule has 1 heterocycles. The van der Waals surface area contributed by atoms with E-state index in [0.29, 0.717) is 18.4 Å². The van der Waals surface area contributed by atoms with Crippen LogP contribution in [0.25, 0.3) is 0 Å². The molecule has 1 aromatic heterocycles. The van der Waals surface area contributed by atoms with E-state index in [2.05, 4.69) is 24.0 Å². The minimum absolute atomic E-state index is 0.462. The summed E-state index contributed by atoms with van der Waals surface area (Å²) in [6.07, 6.45) is 4.23. The Hall–Kier alpha value is -1.62. The van der Waals surface area contributed by atoms with Crippen LogP contribution >= 0.6 is 12.8 Å². The van der Waals surface area contributed by atoms with Gasteiger partial charge in [-0.3, -0.25) is 0 Å². The van der Waals surface area contributed by atoms with Crippen LogP contribution in [0.2, 0.25) is 0 Å². The average Bonchev–Trinajstić information content (AvgIpc) is 3.11. The standard InChI is InChI=1S/C13H15N3OS/c14-12-3-1-2-10(9-4-5-9)11(12)8-17-13-6-7-16(18)15-13/h1-3,6-7,9,18H,4-5,8,14H2. The van der Waals surface area contributed by atoms with Crippen LogP contribution in [0.3, 0.4) is 0 Å². The van der Waals surface area contributed by atoms with Crippen LogP contribution < -0.4 is 10.5 Å². The van der Waals surface area contributed by atoms with Crippen molar-refractivity contribution in [3.63, 3.8) is 0 Å². The summed E-state index contributed by atoms with van der Waals surface area (Å²) in [7, 11) is 0. The fourth-order valence-electron chi connectivity index (χ4n) is 2.09. The zero-order valence-corrected chi connectivity index (χ0v) is 10.8. The number of aromatic nitrogens is 2. The van der Waals surface area contributed by atoms with E-state index in [1.807, 2.05) is 12.1 Å². The topological polar surface area (TPSA) is 53.1 Å². The second kappa shape index (κ2) is 4.57. The molecule has 1 saturated carbocycles. The molecule has 1 aliphatic carbocycles. The zero-order valence-electron chi connectivity index (χ0n) is 9.91. The molecule has 0 atom stereocenters. The molecule has 4 nitrogen and oxygen atoms in total. The Morgan fingerprint density at radius 1 is 1.39 bits per heavy atom. The van der Waals surface area contributed by atoms with Crippen molar-refractivity contribution >= 4 is 18.5 Å². The molecule has 5 heteroatoms. The molecule has 0 spiro atoms. The van der Waals surface area contributed by atoms with Gasteiger partial charge in [-0.05, 0) is 43.2 Å². The zero-order chi connectivity index (χ0) is 12.5. The largest absolute Gasteiger partial charge is 0.472 e. The Labute approximate surface area is 111 Å². The SMILES string of the molecule is Nc1cccc(C2CC2)c1COc1ccn(S)n1. The van der Waals surface area contributed by atoms with Gasteiger partial charge < -0.3 is 10.5 Å². The van der Waals surface area contributed by atoms with Gasteiger partial charge in [-0.15, -0.1) is 5.10 Å². The third-order valence-electron chi connectivity index (χ3n) is 3.18. The van der Waals surface area contributed by atoms with Gasteiger partial charge in [0, 0.05) is 23.5 Å². The molecule has 1 aliphatic rings. The molecule has 0 amide bonds. The highest BCUT2D eigenvalue weighted by molar-refractivity contribution is 7.78. The Morgan fingerprint density at radius 2 is 2.22 bits per heavy atom. The van der Waals surface area contributed by atoms with Gasteiger partial charge in [0.15, 0.2) is 0 Å². The van der Waals surface area contributed by atoms with Gasteiger partial charge in [0.1, 0.15) is 6.61 Å². The van der Waals surface area contributed by atoms with Gasteiger partial charge in [-0.1, -0.05) is 12.1 Å². The van der Waals surface area contributed by atoms with Gasteiger partial charge >= 0.3 is 0 Å². The first-order valence-corrected chi connectivity index (χ1v) is 6.39. The fourth-order valence-corrected chi connectivity index (χ4v) is 2.24. The summed E-state index contributed by atoms with van der Waals surface area (Å²) in [5, 5.41) is 4.06. The van der Waals surface area contributed by atoms with Crippen LogP contribution in [0.5, 0.6) is 5.88 Å². The Morgan fingerprint density at radius 3 is 2.89 bits per heavy atom. The van der Waals surface area contributed by atoms with E-state index in [0.717, 1.165) is 11.3 Å². The maximum atomic E-state index is 6.04.